The first-order valence-electron chi connectivity index (χ1n) is 7.15. The van der Waals surface area contributed by atoms with E-state index in [-0.39, 0.29) is 5.28 Å². The summed E-state index contributed by atoms with van der Waals surface area (Å²) in [6, 6.07) is 2.18. The van der Waals surface area contributed by atoms with Crippen LogP contribution < -0.4 is 5.32 Å². The van der Waals surface area contributed by atoms with Gasteiger partial charge >= 0.3 is 0 Å². The molecule has 0 bridgehead atoms. The van der Waals surface area contributed by atoms with E-state index in [2.05, 4.69) is 37.2 Å². The minimum absolute atomic E-state index is 0.170. The second kappa shape index (κ2) is 6.36. The Morgan fingerprint density at radius 1 is 1.29 bits per heavy atom. The molecule has 3 rings (SSSR count). The van der Waals surface area contributed by atoms with E-state index in [1.807, 2.05) is 6.07 Å². The van der Waals surface area contributed by atoms with E-state index in [0.29, 0.717) is 17.9 Å². The van der Waals surface area contributed by atoms with Crippen molar-refractivity contribution >= 4 is 17.5 Å². The maximum atomic E-state index is 5.98. The van der Waals surface area contributed by atoms with Crippen LogP contribution in [0.15, 0.2) is 18.5 Å². The second-order valence-corrected chi connectivity index (χ2v) is 5.37. The number of nitrogens with one attached hydrogen (secondary N) is 1. The summed E-state index contributed by atoms with van der Waals surface area (Å²) in [7, 11) is 0. The third-order valence-electron chi connectivity index (χ3n) is 3.67. The van der Waals surface area contributed by atoms with Crippen molar-refractivity contribution in [3.8, 4) is 5.95 Å². The highest BCUT2D eigenvalue weighted by atomic mass is 35.5. The smallest absolute Gasteiger partial charge is 0.256 e. The number of hydrogen-bond donors (Lipinski definition) is 1. The van der Waals surface area contributed by atoms with E-state index < -0.39 is 0 Å². The van der Waals surface area contributed by atoms with Crippen LogP contribution in [-0.4, -0.2) is 55.3 Å². The van der Waals surface area contributed by atoms with E-state index in [0.717, 1.165) is 32.5 Å². The van der Waals surface area contributed by atoms with Crippen LogP contribution in [0, 0.1) is 0 Å². The number of rotatable bonds is 4. The lowest BCUT2D eigenvalue weighted by atomic mass is 10.1. The van der Waals surface area contributed by atoms with Crippen LogP contribution in [-0.2, 0) is 0 Å². The lowest BCUT2D eigenvalue weighted by molar-refractivity contribution is 0.229. The Kier molecular flexibility index (Phi) is 4.31. The lowest BCUT2D eigenvalue weighted by Crippen LogP contribution is -2.39. The molecule has 1 fully saturated rings. The Morgan fingerprint density at radius 3 is 2.76 bits per heavy atom. The molecule has 0 atom stereocenters. The van der Waals surface area contributed by atoms with Gasteiger partial charge < -0.3 is 10.2 Å². The van der Waals surface area contributed by atoms with Crippen molar-refractivity contribution in [2.75, 3.05) is 25.0 Å². The molecule has 7 nitrogen and oxygen atoms in total. The number of aromatic nitrogens is 5. The van der Waals surface area contributed by atoms with Gasteiger partial charge in [0, 0.05) is 31.5 Å². The molecule has 1 aliphatic rings. The van der Waals surface area contributed by atoms with Crippen LogP contribution >= 0.6 is 11.6 Å². The van der Waals surface area contributed by atoms with Crippen LogP contribution in [0.5, 0.6) is 0 Å². The molecular weight excluding hydrogens is 290 g/mol. The van der Waals surface area contributed by atoms with Gasteiger partial charge in [-0.2, -0.15) is 20.1 Å². The van der Waals surface area contributed by atoms with Crippen molar-refractivity contribution in [1.29, 1.82) is 0 Å². The number of anilines is 1. The first-order chi connectivity index (χ1) is 10.2. The SMILES string of the molecule is CCN1CCC(Nc2nc(Cl)nc(-n3cccn3)n2)CC1. The van der Waals surface area contributed by atoms with Gasteiger partial charge in [0.15, 0.2) is 0 Å². The molecular formula is C13H18ClN7. The minimum atomic E-state index is 0.170. The summed E-state index contributed by atoms with van der Waals surface area (Å²) in [6.07, 6.45) is 5.60. The van der Waals surface area contributed by atoms with E-state index in [1.54, 1.807) is 17.1 Å². The fraction of sp³-hybridized carbons (Fsp3) is 0.538. The molecule has 1 saturated heterocycles. The van der Waals surface area contributed by atoms with Crippen LogP contribution in [0.4, 0.5) is 5.95 Å². The predicted molar refractivity (Wildman–Crippen MR) is 80.7 cm³/mol. The van der Waals surface area contributed by atoms with Gasteiger partial charge in [0.05, 0.1) is 0 Å². The number of hydrogen-bond acceptors (Lipinski definition) is 6. The third kappa shape index (κ3) is 3.48. The lowest BCUT2D eigenvalue weighted by Gasteiger charge is -2.31. The van der Waals surface area contributed by atoms with Crippen molar-refractivity contribution in [3.63, 3.8) is 0 Å². The van der Waals surface area contributed by atoms with Crippen molar-refractivity contribution in [1.82, 2.24) is 29.6 Å². The molecule has 0 unspecified atom stereocenters. The summed E-state index contributed by atoms with van der Waals surface area (Å²) in [6.45, 7) is 5.49. The molecule has 0 saturated carbocycles. The summed E-state index contributed by atoms with van der Waals surface area (Å²) in [5, 5.41) is 7.63. The first-order valence-corrected chi connectivity index (χ1v) is 7.53. The highest BCUT2D eigenvalue weighted by molar-refractivity contribution is 6.28. The minimum Gasteiger partial charge on any atom is -0.351 e. The molecule has 2 aromatic heterocycles. The Bertz CT molecular complexity index is 578. The summed E-state index contributed by atoms with van der Waals surface area (Å²) >= 11 is 5.98. The molecule has 1 N–H and O–H groups in total. The van der Waals surface area contributed by atoms with Crippen LogP contribution in [0.25, 0.3) is 5.95 Å². The Labute approximate surface area is 128 Å². The molecule has 0 aromatic carbocycles. The first kappa shape index (κ1) is 14.2. The molecule has 0 aliphatic carbocycles. The third-order valence-corrected chi connectivity index (χ3v) is 3.84. The normalized spacial score (nSPS) is 17.0. The fourth-order valence-electron chi connectivity index (χ4n) is 2.47. The van der Waals surface area contributed by atoms with E-state index in [9.17, 15) is 0 Å². The van der Waals surface area contributed by atoms with E-state index in [1.165, 1.54) is 0 Å². The Morgan fingerprint density at radius 2 is 2.10 bits per heavy atom. The maximum Gasteiger partial charge on any atom is 0.256 e. The van der Waals surface area contributed by atoms with Gasteiger partial charge in [-0.25, -0.2) is 4.68 Å². The molecule has 112 valence electrons. The van der Waals surface area contributed by atoms with Crippen LogP contribution in [0.3, 0.4) is 0 Å². The zero-order valence-corrected chi connectivity index (χ0v) is 12.7. The Hall–Kier alpha value is -1.73. The Balaban J connectivity index is 1.71. The quantitative estimate of drug-likeness (QED) is 0.925. The van der Waals surface area contributed by atoms with Gasteiger partial charge in [0.1, 0.15) is 0 Å². The summed E-state index contributed by atoms with van der Waals surface area (Å²) in [4.78, 5) is 15.1. The molecule has 2 aromatic rings. The van der Waals surface area contributed by atoms with Gasteiger partial charge in [-0.15, -0.1) is 0 Å². The number of piperidine rings is 1. The van der Waals surface area contributed by atoms with E-state index in [4.69, 9.17) is 11.6 Å². The number of halogens is 1. The fourth-order valence-corrected chi connectivity index (χ4v) is 2.63. The topological polar surface area (TPSA) is 71.8 Å². The largest absolute Gasteiger partial charge is 0.351 e. The maximum absolute atomic E-state index is 5.98. The average Bonchev–Trinajstić information content (AvgIpc) is 3.02. The van der Waals surface area contributed by atoms with Gasteiger partial charge in [0.25, 0.3) is 5.95 Å². The van der Waals surface area contributed by atoms with E-state index >= 15 is 0 Å². The number of nitrogens with zero attached hydrogens (tertiary/aromatic N) is 6. The molecule has 21 heavy (non-hydrogen) atoms. The predicted octanol–water partition coefficient (Wildman–Crippen LogP) is 1.61. The molecule has 8 heteroatoms. The zero-order chi connectivity index (χ0) is 14.7. The van der Waals surface area contributed by atoms with Crippen molar-refractivity contribution in [2.24, 2.45) is 0 Å². The van der Waals surface area contributed by atoms with Crippen LogP contribution in [0.2, 0.25) is 5.28 Å². The number of likely N-dealkylation sites (tertiary alicyclic amines) is 1. The second-order valence-electron chi connectivity index (χ2n) is 5.03. The van der Waals surface area contributed by atoms with Gasteiger partial charge in [-0.05, 0) is 37.1 Å². The highest BCUT2D eigenvalue weighted by Crippen LogP contribution is 2.15. The molecule has 1 aliphatic heterocycles. The van der Waals surface area contributed by atoms with Gasteiger partial charge in [0.2, 0.25) is 11.2 Å². The summed E-state index contributed by atoms with van der Waals surface area (Å²) in [5.74, 6) is 0.934. The standard InChI is InChI=1S/C13H18ClN7/c1-2-20-8-4-10(5-9-20)16-12-17-11(14)18-13(19-12)21-7-3-6-15-21/h3,6-7,10H,2,4-5,8-9H2,1H3,(H,16,17,18,19). The van der Waals surface area contributed by atoms with Crippen molar-refractivity contribution in [3.05, 3.63) is 23.7 Å². The van der Waals surface area contributed by atoms with Crippen molar-refractivity contribution < 1.29 is 0 Å². The summed E-state index contributed by atoms with van der Waals surface area (Å²) < 4.78 is 1.57. The molecule has 0 radical (unpaired) electrons. The van der Waals surface area contributed by atoms with Crippen LogP contribution in [0.1, 0.15) is 19.8 Å². The monoisotopic (exact) mass is 307 g/mol. The molecule has 0 spiro atoms. The average molecular weight is 308 g/mol. The molecule has 3 heterocycles. The van der Waals surface area contributed by atoms with Gasteiger partial charge in [-0.3, -0.25) is 0 Å². The van der Waals surface area contributed by atoms with Gasteiger partial charge in [-0.1, -0.05) is 6.92 Å². The highest BCUT2D eigenvalue weighted by Gasteiger charge is 2.19. The summed E-state index contributed by atoms with van der Waals surface area (Å²) in [5.41, 5.74) is 0. The van der Waals surface area contributed by atoms with Crippen molar-refractivity contribution in [2.45, 2.75) is 25.8 Å². The zero-order valence-electron chi connectivity index (χ0n) is 11.9. The molecule has 0 amide bonds.